The molecule has 4 aromatic rings. The number of piperidine rings is 1. The Kier molecular flexibility index (Phi) is 7.49. The largest absolute Gasteiger partial charge is 0.467 e. The fourth-order valence-corrected chi connectivity index (χ4v) is 6.88. The molecule has 1 aliphatic rings. The highest BCUT2D eigenvalue weighted by atomic mass is 32.2. The van der Waals surface area contributed by atoms with Gasteiger partial charge in [0.2, 0.25) is 0 Å². The highest BCUT2D eigenvalue weighted by Gasteiger charge is 2.52. The molecule has 12 heteroatoms. The predicted molar refractivity (Wildman–Crippen MR) is 144 cm³/mol. The number of pyridine rings is 1. The lowest BCUT2D eigenvalue weighted by Gasteiger charge is -2.48. The van der Waals surface area contributed by atoms with E-state index in [0.29, 0.717) is 16.9 Å². The van der Waals surface area contributed by atoms with Crippen LogP contribution in [0.3, 0.4) is 0 Å². The quantitative estimate of drug-likeness (QED) is 0.325. The maximum atomic E-state index is 11.8. The van der Waals surface area contributed by atoms with Crippen molar-refractivity contribution in [2.45, 2.75) is 36.7 Å². The second kappa shape index (κ2) is 10.7. The Hall–Kier alpha value is -2.93. The van der Waals surface area contributed by atoms with Crippen molar-refractivity contribution in [1.82, 2.24) is 25.7 Å². The molecule has 1 aliphatic heterocycles. The summed E-state index contributed by atoms with van der Waals surface area (Å²) in [6.07, 6.45) is 3.38. The van der Waals surface area contributed by atoms with Gasteiger partial charge in [-0.05, 0) is 55.6 Å². The fraction of sp³-hybridized carbons (Fsp3) is 0.462. The van der Waals surface area contributed by atoms with E-state index < -0.39 is 15.3 Å². The lowest BCUT2D eigenvalue weighted by atomic mass is 9.62. The van der Waals surface area contributed by atoms with Crippen molar-refractivity contribution in [2.75, 3.05) is 33.1 Å². The smallest absolute Gasteiger partial charge is 0.275 e. The number of methoxy groups -OCH3 is 1. The number of ether oxygens (including phenoxy) is 2. The molecule has 1 aromatic carbocycles. The number of rotatable bonds is 9. The van der Waals surface area contributed by atoms with E-state index in [2.05, 4.69) is 34.5 Å². The molecule has 3 atom stereocenters. The number of fused-ring (bicyclic) bond motifs is 1. The third kappa shape index (κ3) is 5.05. The second-order valence-corrected chi connectivity index (χ2v) is 12.9. The van der Waals surface area contributed by atoms with Gasteiger partial charge in [-0.15, -0.1) is 5.10 Å². The topological polar surface area (TPSA) is 129 Å². The zero-order valence-corrected chi connectivity index (χ0v) is 23.4. The summed E-state index contributed by atoms with van der Waals surface area (Å²) in [6, 6.07) is 10.5. The summed E-state index contributed by atoms with van der Waals surface area (Å²) in [4.78, 5) is 10.4. The Labute approximate surface area is 225 Å². The van der Waals surface area contributed by atoms with Crippen molar-refractivity contribution in [3.63, 3.8) is 0 Å². The molecule has 3 aromatic heterocycles. The summed E-state index contributed by atoms with van der Waals surface area (Å²) in [6.45, 7) is 6.34. The summed E-state index contributed by atoms with van der Waals surface area (Å²) in [5.41, 5.74) is 1.83. The van der Waals surface area contributed by atoms with Crippen LogP contribution >= 0.6 is 11.3 Å². The normalized spacial score (nSPS) is 21.1. The van der Waals surface area contributed by atoms with Crippen LogP contribution in [-0.4, -0.2) is 67.9 Å². The minimum Gasteiger partial charge on any atom is -0.467 e. The molecule has 0 aliphatic carbocycles. The molecule has 1 fully saturated rings. The highest BCUT2D eigenvalue weighted by molar-refractivity contribution is 7.90. The van der Waals surface area contributed by atoms with Crippen molar-refractivity contribution >= 4 is 31.5 Å². The average Bonchev–Trinajstić information content (AvgIpc) is 3.58. The van der Waals surface area contributed by atoms with E-state index in [1.54, 1.807) is 37.6 Å². The summed E-state index contributed by atoms with van der Waals surface area (Å²) < 4.78 is 41.5. The van der Waals surface area contributed by atoms with Gasteiger partial charge in [-0.1, -0.05) is 37.3 Å². The van der Waals surface area contributed by atoms with Crippen molar-refractivity contribution < 1.29 is 22.4 Å². The summed E-state index contributed by atoms with van der Waals surface area (Å²) in [5, 5.41) is 11.7. The Morgan fingerprint density at radius 2 is 1.97 bits per heavy atom. The molecular formula is C26H31N5O5S2. The lowest BCUT2D eigenvalue weighted by Crippen LogP contribution is -2.58. The molecular weight excluding hydrogens is 526 g/mol. The fourth-order valence-electron chi connectivity index (χ4n) is 5.45. The molecule has 0 saturated carbocycles. The third-order valence-electron chi connectivity index (χ3n) is 7.40. The Bertz CT molecular complexity index is 1490. The van der Waals surface area contributed by atoms with Crippen LogP contribution in [0, 0.1) is 11.8 Å². The standard InChI is InChI=1S/C26H31N5O5S2/c1-16(2)19-13-27-12-11-26(19,22-14-28-31-36-22)23(34-3)15-35-25-30-21-10-9-20(29-24(21)37-25)17-5-7-18(8-6-17)38(4,32)33/h5-10,14,16,19,23,27H,11-13,15H2,1-4H3. The molecule has 0 spiro atoms. The van der Waals surface area contributed by atoms with Gasteiger partial charge in [0.05, 0.1) is 22.2 Å². The molecule has 0 amide bonds. The van der Waals surface area contributed by atoms with Crippen LogP contribution < -0.4 is 10.1 Å². The number of thiazole rings is 1. The van der Waals surface area contributed by atoms with E-state index >= 15 is 0 Å². The average molecular weight is 558 g/mol. The van der Waals surface area contributed by atoms with Crippen LogP contribution in [0.15, 0.2) is 52.0 Å². The van der Waals surface area contributed by atoms with Crippen LogP contribution in [-0.2, 0) is 20.0 Å². The van der Waals surface area contributed by atoms with Crippen LogP contribution in [0.4, 0.5) is 0 Å². The van der Waals surface area contributed by atoms with Gasteiger partial charge >= 0.3 is 0 Å². The molecule has 38 heavy (non-hydrogen) atoms. The van der Waals surface area contributed by atoms with E-state index in [4.69, 9.17) is 19.0 Å². The van der Waals surface area contributed by atoms with Crippen molar-refractivity contribution in [2.24, 2.45) is 11.8 Å². The highest BCUT2D eigenvalue weighted by Crippen LogP contribution is 2.45. The first-order chi connectivity index (χ1) is 18.2. The molecule has 4 heterocycles. The Balaban J connectivity index is 1.39. The summed E-state index contributed by atoms with van der Waals surface area (Å²) in [5.74, 6) is 1.31. The zero-order chi connectivity index (χ0) is 26.9. The van der Waals surface area contributed by atoms with E-state index in [0.717, 1.165) is 41.1 Å². The number of nitrogens with one attached hydrogen (secondary N) is 1. The van der Waals surface area contributed by atoms with Crippen molar-refractivity contribution in [3.8, 4) is 16.5 Å². The molecule has 0 radical (unpaired) electrons. The van der Waals surface area contributed by atoms with Gasteiger partial charge in [0.1, 0.15) is 23.1 Å². The number of sulfone groups is 1. The first-order valence-electron chi connectivity index (χ1n) is 12.4. The Morgan fingerprint density at radius 3 is 2.63 bits per heavy atom. The second-order valence-electron chi connectivity index (χ2n) is 9.96. The van der Waals surface area contributed by atoms with Crippen LogP contribution in [0.1, 0.15) is 26.0 Å². The molecule has 1 N–H and O–H groups in total. The van der Waals surface area contributed by atoms with Gasteiger partial charge in [-0.3, -0.25) is 0 Å². The number of hydrogen-bond acceptors (Lipinski definition) is 11. The first-order valence-corrected chi connectivity index (χ1v) is 15.2. The third-order valence-corrected chi connectivity index (χ3v) is 9.40. The molecule has 5 rings (SSSR count). The number of aromatic nitrogens is 4. The van der Waals surface area contributed by atoms with Gasteiger partial charge in [-0.25, -0.2) is 18.4 Å². The SMILES string of the molecule is COC(COc1nc2ccc(-c3ccc(S(C)(=O)=O)cc3)nc2s1)C1(c2cnno2)CCNCC1C(C)C. The minimum absolute atomic E-state index is 0.230. The maximum Gasteiger partial charge on any atom is 0.275 e. The summed E-state index contributed by atoms with van der Waals surface area (Å²) >= 11 is 1.36. The first kappa shape index (κ1) is 26.7. The molecule has 202 valence electrons. The van der Waals surface area contributed by atoms with Crippen LogP contribution in [0.25, 0.3) is 21.6 Å². The maximum absolute atomic E-state index is 11.8. The van der Waals surface area contributed by atoms with Gasteiger partial charge < -0.3 is 19.3 Å². The van der Waals surface area contributed by atoms with Crippen LogP contribution in [0.2, 0.25) is 0 Å². The van der Waals surface area contributed by atoms with Crippen molar-refractivity contribution in [3.05, 3.63) is 48.4 Å². The van der Waals surface area contributed by atoms with E-state index in [1.165, 1.54) is 17.6 Å². The lowest BCUT2D eigenvalue weighted by molar-refractivity contribution is -0.0590. The summed E-state index contributed by atoms with van der Waals surface area (Å²) in [7, 11) is -1.56. The van der Waals surface area contributed by atoms with Crippen molar-refractivity contribution in [1.29, 1.82) is 0 Å². The monoisotopic (exact) mass is 557 g/mol. The van der Waals surface area contributed by atoms with E-state index in [1.807, 2.05) is 12.1 Å². The molecule has 10 nitrogen and oxygen atoms in total. The van der Waals surface area contributed by atoms with E-state index in [-0.39, 0.29) is 23.5 Å². The molecule has 3 unspecified atom stereocenters. The van der Waals surface area contributed by atoms with Crippen LogP contribution in [0.5, 0.6) is 5.19 Å². The van der Waals surface area contributed by atoms with Gasteiger partial charge in [0.25, 0.3) is 5.19 Å². The van der Waals surface area contributed by atoms with Gasteiger partial charge in [0.15, 0.2) is 15.6 Å². The predicted octanol–water partition coefficient (Wildman–Crippen LogP) is 3.74. The Morgan fingerprint density at radius 1 is 1.18 bits per heavy atom. The number of benzene rings is 1. The van der Waals surface area contributed by atoms with E-state index in [9.17, 15) is 8.42 Å². The number of nitrogens with zero attached hydrogens (tertiary/aromatic N) is 4. The minimum atomic E-state index is -3.26. The zero-order valence-electron chi connectivity index (χ0n) is 21.7. The number of hydrogen-bond donors (Lipinski definition) is 1. The molecule has 1 saturated heterocycles. The molecule has 0 bridgehead atoms. The van der Waals surface area contributed by atoms with Gasteiger partial charge in [-0.2, -0.15) is 0 Å². The van der Waals surface area contributed by atoms with Gasteiger partial charge in [0, 0.05) is 24.2 Å².